The Morgan fingerprint density at radius 2 is 1.79 bits per heavy atom. The van der Waals surface area contributed by atoms with E-state index in [0.717, 1.165) is 22.2 Å². The SMILES string of the molecule is CC(=O)Nc1cccc(Oc2ccc3c(C=Cc4ccccc4)n[nH]c3c2)c1. The summed E-state index contributed by atoms with van der Waals surface area (Å²) in [7, 11) is 0. The highest BCUT2D eigenvalue weighted by atomic mass is 16.5. The largest absolute Gasteiger partial charge is 0.457 e. The van der Waals surface area contributed by atoms with Crippen LogP contribution in [0, 0.1) is 0 Å². The summed E-state index contributed by atoms with van der Waals surface area (Å²) in [5, 5.41) is 11.2. The van der Waals surface area contributed by atoms with Gasteiger partial charge in [0.1, 0.15) is 11.5 Å². The van der Waals surface area contributed by atoms with Gasteiger partial charge >= 0.3 is 0 Å². The molecule has 0 unspecified atom stereocenters. The van der Waals surface area contributed by atoms with Crippen molar-refractivity contribution >= 4 is 34.6 Å². The summed E-state index contributed by atoms with van der Waals surface area (Å²) < 4.78 is 5.93. The van der Waals surface area contributed by atoms with Crippen LogP contribution in [0.3, 0.4) is 0 Å². The van der Waals surface area contributed by atoms with E-state index in [4.69, 9.17) is 4.74 Å². The maximum atomic E-state index is 11.2. The zero-order chi connectivity index (χ0) is 19.3. The van der Waals surface area contributed by atoms with Crippen LogP contribution in [0.1, 0.15) is 18.2 Å². The first-order chi connectivity index (χ1) is 13.7. The van der Waals surface area contributed by atoms with E-state index in [1.54, 1.807) is 6.07 Å². The van der Waals surface area contributed by atoms with Crippen molar-refractivity contribution in [3.05, 3.63) is 84.1 Å². The van der Waals surface area contributed by atoms with Crippen molar-refractivity contribution < 1.29 is 9.53 Å². The van der Waals surface area contributed by atoms with Crippen LogP contribution in [0.15, 0.2) is 72.8 Å². The number of anilines is 1. The second-order valence-electron chi connectivity index (χ2n) is 6.37. The van der Waals surface area contributed by atoms with E-state index in [2.05, 4.69) is 15.5 Å². The van der Waals surface area contributed by atoms with Gasteiger partial charge in [0.15, 0.2) is 0 Å². The van der Waals surface area contributed by atoms with Gasteiger partial charge in [-0.3, -0.25) is 9.89 Å². The first kappa shape index (κ1) is 17.5. The second kappa shape index (κ2) is 7.80. The van der Waals surface area contributed by atoms with Crippen molar-refractivity contribution in [2.45, 2.75) is 6.92 Å². The average Bonchev–Trinajstić information content (AvgIpc) is 3.09. The van der Waals surface area contributed by atoms with Crippen LogP contribution < -0.4 is 10.1 Å². The van der Waals surface area contributed by atoms with Gasteiger partial charge in [0.2, 0.25) is 5.91 Å². The maximum absolute atomic E-state index is 11.2. The molecule has 0 aliphatic carbocycles. The number of ether oxygens (including phenoxy) is 1. The van der Waals surface area contributed by atoms with E-state index in [0.29, 0.717) is 17.2 Å². The van der Waals surface area contributed by atoms with Crippen LogP contribution in [-0.2, 0) is 4.79 Å². The molecule has 1 amide bonds. The number of rotatable bonds is 5. The number of aromatic amines is 1. The number of benzene rings is 3. The normalized spacial score (nSPS) is 11.0. The highest BCUT2D eigenvalue weighted by Gasteiger charge is 2.06. The third-order valence-electron chi connectivity index (χ3n) is 4.19. The minimum absolute atomic E-state index is 0.118. The Morgan fingerprint density at radius 1 is 0.964 bits per heavy atom. The van der Waals surface area contributed by atoms with Crippen molar-refractivity contribution in [3.8, 4) is 11.5 Å². The predicted molar refractivity (Wildman–Crippen MR) is 112 cm³/mol. The number of H-pyrrole nitrogens is 1. The van der Waals surface area contributed by atoms with E-state index < -0.39 is 0 Å². The number of carbonyl (C=O) groups excluding carboxylic acids is 1. The Hall–Kier alpha value is -3.86. The summed E-state index contributed by atoms with van der Waals surface area (Å²) in [6.45, 7) is 1.48. The third-order valence-corrected chi connectivity index (χ3v) is 4.19. The van der Waals surface area contributed by atoms with Gasteiger partial charge in [-0.25, -0.2) is 0 Å². The number of nitrogens with one attached hydrogen (secondary N) is 2. The van der Waals surface area contributed by atoms with Crippen molar-refractivity contribution in [3.63, 3.8) is 0 Å². The lowest BCUT2D eigenvalue weighted by atomic mass is 10.1. The molecule has 0 saturated carbocycles. The van der Waals surface area contributed by atoms with Crippen LogP contribution in [0.4, 0.5) is 5.69 Å². The lowest BCUT2D eigenvalue weighted by molar-refractivity contribution is -0.114. The molecule has 0 fully saturated rings. The Labute approximate surface area is 162 Å². The number of fused-ring (bicyclic) bond motifs is 1. The Balaban J connectivity index is 1.54. The lowest BCUT2D eigenvalue weighted by Crippen LogP contribution is -2.05. The van der Waals surface area contributed by atoms with Crippen LogP contribution in [0.25, 0.3) is 23.1 Å². The molecule has 0 spiro atoms. The molecule has 0 radical (unpaired) electrons. The van der Waals surface area contributed by atoms with E-state index in [-0.39, 0.29) is 5.91 Å². The first-order valence-corrected chi connectivity index (χ1v) is 8.94. The topological polar surface area (TPSA) is 67.0 Å². The molecule has 0 aliphatic rings. The Bertz CT molecular complexity index is 1150. The number of hydrogen-bond acceptors (Lipinski definition) is 3. The molecule has 0 saturated heterocycles. The maximum Gasteiger partial charge on any atom is 0.221 e. The fourth-order valence-electron chi connectivity index (χ4n) is 2.93. The molecular weight excluding hydrogens is 350 g/mol. The van der Waals surface area contributed by atoms with E-state index >= 15 is 0 Å². The van der Waals surface area contributed by atoms with E-state index in [1.165, 1.54) is 6.92 Å². The molecule has 28 heavy (non-hydrogen) atoms. The van der Waals surface area contributed by atoms with Gasteiger partial charge in [0.25, 0.3) is 0 Å². The molecule has 2 N–H and O–H groups in total. The van der Waals surface area contributed by atoms with Crippen LogP contribution >= 0.6 is 0 Å². The van der Waals surface area contributed by atoms with E-state index in [1.807, 2.05) is 78.9 Å². The van der Waals surface area contributed by atoms with Crippen molar-refractivity contribution in [1.82, 2.24) is 10.2 Å². The molecule has 0 atom stereocenters. The summed E-state index contributed by atoms with van der Waals surface area (Å²) in [5.74, 6) is 1.22. The smallest absolute Gasteiger partial charge is 0.221 e. The number of nitrogens with zero attached hydrogens (tertiary/aromatic N) is 1. The highest BCUT2D eigenvalue weighted by molar-refractivity contribution is 5.90. The fourth-order valence-corrected chi connectivity index (χ4v) is 2.93. The molecule has 1 heterocycles. The van der Waals surface area contributed by atoms with Gasteiger partial charge in [-0.1, -0.05) is 42.5 Å². The van der Waals surface area contributed by atoms with Gasteiger partial charge in [-0.15, -0.1) is 0 Å². The van der Waals surface area contributed by atoms with Gasteiger partial charge < -0.3 is 10.1 Å². The second-order valence-corrected chi connectivity index (χ2v) is 6.37. The molecule has 5 nitrogen and oxygen atoms in total. The van der Waals surface area contributed by atoms with Crippen LogP contribution in [0.5, 0.6) is 11.5 Å². The zero-order valence-corrected chi connectivity index (χ0v) is 15.3. The lowest BCUT2D eigenvalue weighted by Gasteiger charge is -2.08. The summed E-state index contributed by atoms with van der Waals surface area (Å²) in [6, 6.07) is 23.2. The standard InChI is InChI=1S/C23H19N3O2/c1-16(27)24-18-8-5-9-19(14-18)28-20-11-12-21-22(25-26-23(21)15-20)13-10-17-6-3-2-4-7-17/h2-15H,1H3,(H,24,27)(H,25,26). The van der Waals surface area contributed by atoms with Crippen LogP contribution in [0.2, 0.25) is 0 Å². The number of aromatic nitrogens is 2. The van der Waals surface area contributed by atoms with Crippen LogP contribution in [-0.4, -0.2) is 16.1 Å². The summed E-state index contributed by atoms with van der Waals surface area (Å²) >= 11 is 0. The molecule has 3 aromatic carbocycles. The molecule has 5 heteroatoms. The predicted octanol–water partition coefficient (Wildman–Crippen LogP) is 5.48. The summed E-state index contributed by atoms with van der Waals surface area (Å²) in [6.07, 6.45) is 4.03. The third kappa shape index (κ3) is 4.10. The molecule has 4 aromatic rings. The number of carbonyl (C=O) groups is 1. The summed E-state index contributed by atoms with van der Waals surface area (Å²) in [4.78, 5) is 11.2. The van der Waals surface area contributed by atoms with Crippen molar-refractivity contribution in [2.24, 2.45) is 0 Å². The number of amides is 1. The molecule has 4 rings (SSSR count). The fraction of sp³-hybridized carbons (Fsp3) is 0.0435. The highest BCUT2D eigenvalue weighted by Crippen LogP contribution is 2.28. The molecule has 1 aromatic heterocycles. The average molecular weight is 369 g/mol. The van der Waals surface area contributed by atoms with Crippen molar-refractivity contribution in [2.75, 3.05) is 5.32 Å². The first-order valence-electron chi connectivity index (χ1n) is 8.94. The van der Waals surface area contributed by atoms with Gasteiger partial charge in [0.05, 0.1) is 11.2 Å². The quantitative estimate of drug-likeness (QED) is 0.489. The summed E-state index contributed by atoms with van der Waals surface area (Å²) in [5.41, 5.74) is 3.58. The zero-order valence-electron chi connectivity index (χ0n) is 15.3. The monoisotopic (exact) mass is 369 g/mol. The molecule has 0 aliphatic heterocycles. The Kier molecular flexibility index (Phi) is 4.89. The van der Waals surface area contributed by atoms with Crippen molar-refractivity contribution in [1.29, 1.82) is 0 Å². The van der Waals surface area contributed by atoms with E-state index in [9.17, 15) is 4.79 Å². The Morgan fingerprint density at radius 3 is 2.61 bits per heavy atom. The minimum atomic E-state index is -0.118. The van der Waals surface area contributed by atoms with Gasteiger partial charge in [0, 0.05) is 30.1 Å². The number of hydrogen-bond donors (Lipinski definition) is 2. The molecule has 138 valence electrons. The van der Waals surface area contributed by atoms with Gasteiger partial charge in [-0.2, -0.15) is 5.10 Å². The minimum Gasteiger partial charge on any atom is -0.457 e. The molecular formula is C23H19N3O2. The molecule has 0 bridgehead atoms. The van der Waals surface area contributed by atoms with Gasteiger partial charge in [-0.05, 0) is 35.9 Å².